The van der Waals surface area contributed by atoms with Crippen LogP contribution in [0.3, 0.4) is 0 Å². The summed E-state index contributed by atoms with van der Waals surface area (Å²) in [7, 11) is 12.6. The summed E-state index contributed by atoms with van der Waals surface area (Å²) in [6.45, 7) is 20.3. The molecule has 0 aromatic heterocycles. The molecule has 0 N–H and O–H groups in total. The van der Waals surface area contributed by atoms with Crippen LogP contribution >= 0.6 is 64.8 Å². The van der Waals surface area contributed by atoms with Crippen molar-refractivity contribution < 1.29 is 0 Å². The number of hydrogen-bond donors (Lipinski definition) is 0. The SMILES string of the molecule is C=C.CCSSCC1(SSCC)CC(C)(SSCC)C1(C)CC. The quantitative estimate of drug-likeness (QED) is 0.182. The normalized spacial score (nSPS) is 32.8. The minimum atomic E-state index is 0.432. The first-order chi connectivity index (χ1) is 10.9. The summed E-state index contributed by atoms with van der Waals surface area (Å²) in [4.78, 5) is 0. The van der Waals surface area contributed by atoms with Crippen molar-refractivity contribution in [1.82, 2.24) is 0 Å². The van der Waals surface area contributed by atoms with Crippen molar-refractivity contribution in [2.75, 3.05) is 23.0 Å². The third kappa shape index (κ3) is 5.66. The average molecular weight is 431 g/mol. The molecule has 3 atom stereocenters. The Morgan fingerprint density at radius 3 is 1.78 bits per heavy atom. The van der Waals surface area contributed by atoms with Crippen molar-refractivity contribution in [3.05, 3.63) is 13.2 Å². The van der Waals surface area contributed by atoms with Crippen LogP contribution in [0.2, 0.25) is 0 Å². The van der Waals surface area contributed by atoms with Gasteiger partial charge in [-0.15, -0.1) is 13.2 Å². The molecule has 1 rings (SSSR count). The van der Waals surface area contributed by atoms with Crippen molar-refractivity contribution in [2.24, 2.45) is 5.41 Å². The van der Waals surface area contributed by atoms with Crippen LogP contribution < -0.4 is 0 Å². The highest BCUT2D eigenvalue weighted by atomic mass is 33.1. The largest absolute Gasteiger partial charge is 0.106 e. The Balaban J connectivity index is 0.00000232. The Morgan fingerprint density at radius 1 is 0.783 bits per heavy atom. The van der Waals surface area contributed by atoms with E-state index in [0.717, 1.165) is 0 Å². The Hall–Kier alpha value is 1.84. The fraction of sp³-hybridized carbons (Fsp3) is 0.882. The maximum absolute atomic E-state index is 3.00. The zero-order valence-corrected chi connectivity index (χ0v) is 20.5. The van der Waals surface area contributed by atoms with Crippen molar-refractivity contribution in [2.45, 2.75) is 63.9 Å². The second-order valence-electron chi connectivity index (χ2n) is 5.74. The van der Waals surface area contributed by atoms with Crippen molar-refractivity contribution >= 4 is 64.8 Å². The zero-order chi connectivity index (χ0) is 18.0. The van der Waals surface area contributed by atoms with Crippen LogP contribution in [0.5, 0.6) is 0 Å². The second-order valence-corrected chi connectivity index (χ2v) is 14.5. The first kappa shape index (κ1) is 24.8. The summed E-state index contributed by atoms with van der Waals surface area (Å²) in [6, 6.07) is 0. The van der Waals surface area contributed by atoms with Gasteiger partial charge in [0.1, 0.15) is 0 Å². The first-order valence-corrected chi connectivity index (χ1v) is 15.4. The van der Waals surface area contributed by atoms with E-state index in [2.05, 4.69) is 109 Å². The standard InChI is InChI=1S/C15H30S6.C2H4/c1-7-13(5)14(6,20-17-9-3)11-15(13,21-18-10-4)12-19-16-8-2;1-2/h7-12H2,1-6H3;1-2H2. The van der Waals surface area contributed by atoms with Crippen molar-refractivity contribution in [3.63, 3.8) is 0 Å². The first-order valence-electron chi connectivity index (χ1n) is 8.31. The molecule has 0 bridgehead atoms. The molecule has 0 aromatic carbocycles. The molecule has 0 aromatic rings. The van der Waals surface area contributed by atoms with E-state index in [-0.39, 0.29) is 0 Å². The van der Waals surface area contributed by atoms with Gasteiger partial charge in [0.25, 0.3) is 0 Å². The van der Waals surface area contributed by atoms with Crippen LogP contribution in [0.1, 0.15) is 54.4 Å². The van der Waals surface area contributed by atoms with E-state index in [0.29, 0.717) is 14.9 Å². The Kier molecular flexibility index (Phi) is 13.2. The molecule has 0 aliphatic heterocycles. The molecular formula is C17H34S6. The molecular weight excluding hydrogens is 397 g/mol. The zero-order valence-electron chi connectivity index (χ0n) is 15.6. The smallest absolute Gasteiger partial charge is 0.0442 e. The molecule has 1 aliphatic carbocycles. The van der Waals surface area contributed by atoms with Gasteiger partial charge in [-0.1, -0.05) is 99.4 Å². The topological polar surface area (TPSA) is 0 Å². The van der Waals surface area contributed by atoms with Crippen LogP contribution in [0.15, 0.2) is 13.2 Å². The summed E-state index contributed by atoms with van der Waals surface area (Å²) in [5.74, 6) is 4.93. The van der Waals surface area contributed by atoms with Gasteiger partial charge in [0, 0.05) is 32.5 Å². The molecule has 1 saturated carbocycles. The summed E-state index contributed by atoms with van der Waals surface area (Å²) in [5, 5.41) is 0. The maximum atomic E-state index is 3.00. The van der Waals surface area contributed by atoms with Crippen LogP contribution in [0.25, 0.3) is 0 Å². The van der Waals surface area contributed by atoms with E-state index in [1.165, 1.54) is 35.9 Å². The average Bonchev–Trinajstić information content (AvgIpc) is 2.58. The maximum Gasteiger partial charge on any atom is 0.0442 e. The van der Waals surface area contributed by atoms with Gasteiger partial charge in [-0.2, -0.15) is 0 Å². The third-order valence-corrected chi connectivity index (χ3v) is 14.4. The Bertz CT molecular complexity index is 326. The van der Waals surface area contributed by atoms with Crippen LogP contribution in [-0.4, -0.2) is 32.5 Å². The van der Waals surface area contributed by atoms with Gasteiger partial charge in [-0.25, -0.2) is 0 Å². The number of hydrogen-bond acceptors (Lipinski definition) is 6. The van der Waals surface area contributed by atoms with Crippen LogP contribution in [-0.2, 0) is 0 Å². The molecule has 6 heteroatoms. The lowest BCUT2D eigenvalue weighted by Crippen LogP contribution is -2.69. The summed E-state index contributed by atoms with van der Waals surface area (Å²) < 4.78 is 0.881. The van der Waals surface area contributed by atoms with E-state index < -0.39 is 0 Å². The molecule has 138 valence electrons. The van der Waals surface area contributed by atoms with E-state index in [1.54, 1.807) is 0 Å². The lowest BCUT2D eigenvalue weighted by molar-refractivity contribution is 0.0467. The van der Waals surface area contributed by atoms with Gasteiger partial charge in [-0.3, -0.25) is 0 Å². The molecule has 0 nitrogen and oxygen atoms in total. The Morgan fingerprint density at radius 2 is 1.30 bits per heavy atom. The fourth-order valence-corrected chi connectivity index (χ4v) is 12.5. The van der Waals surface area contributed by atoms with E-state index in [4.69, 9.17) is 0 Å². The van der Waals surface area contributed by atoms with Gasteiger partial charge in [0.15, 0.2) is 0 Å². The lowest BCUT2D eigenvalue weighted by Gasteiger charge is -2.68. The predicted molar refractivity (Wildman–Crippen MR) is 127 cm³/mol. The minimum absolute atomic E-state index is 0.432. The van der Waals surface area contributed by atoms with Crippen LogP contribution in [0.4, 0.5) is 0 Å². The summed E-state index contributed by atoms with van der Waals surface area (Å²) in [5.41, 5.74) is 0.432. The van der Waals surface area contributed by atoms with Gasteiger partial charge < -0.3 is 0 Å². The Labute approximate surface area is 169 Å². The minimum Gasteiger partial charge on any atom is -0.106 e. The molecule has 0 radical (unpaired) electrons. The van der Waals surface area contributed by atoms with E-state index in [9.17, 15) is 0 Å². The van der Waals surface area contributed by atoms with Crippen molar-refractivity contribution in [3.8, 4) is 0 Å². The number of rotatable bonds is 11. The van der Waals surface area contributed by atoms with Gasteiger partial charge in [0.05, 0.1) is 0 Å². The second kappa shape index (κ2) is 12.3. The lowest BCUT2D eigenvalue weighted by atomic mass is 9.52. The van der Waals surface area contributed by atoms with E-state index in [1.807, 2.05) is 10.8 Å². The third-order valence-electron chi connectivity index (χ3n) is 4.69. The molecule has 0 saturated heterocycles. The van der Waals surface area contributed by atoms with Gasteiger partial charge in [0.2, 0.25) is 0 Å². The summed E-state index contributed by atoms with van der Waals surface area (Å²) >= 11 is 0. The molecule has 0 spiro atoms. The summed E-state index contributed by atoms with van der Waals surface area (Å²) in [6.07, 6.45) is 2.65. The molecule has 23 heavy (non-hydrogen) atoms. The molecule has 1 aliphatic rings. The van der Waals surface area contributed by atoms with Crippen molar-refractivity contribution in [1.29, 1.82) is 0 Å². The monoisotopic (exact) mass is 430 g/mol. The molecule has 0 heterocycles. The predicted octanol–water partition coefficient (Wildman–Crippen LogP) is 8.31. The molecule has 3 unspecified atom stereocenters. The van der Waals surface area contributed by atoms with E-state index >= 15 is 0 Å². The molecule has 1 fully saturated rings. The van der Waals surface area contributed by atoms with Crippen LogP contribution in [0, 0.1) is 5.41 Å². The van der Waals surface area contributed by atoms with Gasteiger partial charge in [-0.05, 0) is 25.2 Å². The fourth-order valence-electron chi connectivity index (χ4n) is 3.06. The highest BCUT2D eigenvalue weighted by Crippen LogP contribution is 2.73. The molecule has 0 amide bonds. The highest BCUT2D eigenvalue weighted by Gasteiger charge is 2.68. The van der Waals surface area contributed by atoms with Gasteiger partial charge >= 0.3 is 0 Å². The highest BCUT2D eigenvalue weighted by molar-refractivity contribution is 8.79.